The Bertz CT molecular complexity index is 816. The molecule has 1 N–H and O–H groups in total. The second kappa shape index (κ2) is 5.19. The third-order valence-corrected chi connectivity index (χ3v) is 4.19. The van der Waals surface area contributed by atoms with E-state index >= 15 is 0 Å². The maximum absolute atomic E-state index is 13.2. The van der Waals surface area contributed by atoms with Crippen LogP contribution in [0.4, 0.5) is 4.39 Å². The van der Waals surface area contributed by atoms with Crippen molar-refractivity contribution in [2.24, 2.45) is 5.16 Å². The molecule has 2 aromatic carbocycles. The molecule has 0 amide bonds. The lowest BCUT2D eigenvalue weighted by atomic mass is 10.1. The van der Waals surface area contributed by atoms with Gasteiger partial charge in [0.1, 0.15) is 10.8 Å². The summed E-state index contributed by atoms with van der Waals surface area (Å²) in [4.78, 5) is 4.45. The molecule has 3 rings (SSSR count). The molecule has 0 bridgehead atoms. The van der Waals surface area contributed by atoms with E-state index in [1.165, 1.54) is 29.7 Å². The Labute approximate surface area is 123 Å². The Morgan fingerprint density at radius 3 is 2.85 bits per heavy atom. The summed E-state index contributed by atoms with van der Waals surface area (Å²) < 4.78 is 14.0. The highest BCUT2D eigenvalue weighted by Gasteiger charge is 2.09. The highest BCUT2D eigenvalue weighted by atomic mass is 35.5. The Morgan fingerprint density at radius 1 is 1.25 bits per heavy atom. The molecular weight excluding hydrogens is 299 g/mol. The van der Waals surface area contributed by atoms with Crippen LogP contribution in [0.1, 0.15) is 5.56 Å². The van der Waals surface area contributed by atoms with Crippen LogP contribution in [0.25, 0.3) is 20.8 Å². The van der Waals surface area contributed by atoms with Gasteiger partial charge in [-0.15, -0.1) is 11.3 Å². The number of fused-ring (bicyclic) bond motifs is 1. The van der Waals surface area contributed by atoms with Crippen LogP contribution in [0.5, 0.6) is 0 Å². The Morgan fingerprint density at radius 2 is 2.10 bits per heavy atom. The van der Waals surface area contributed by atoms with Crippen LogP contribution in [0.3, 0.4) is 0 Å². The van der Waals surface area contributed by atoms with E-state index in [0.717, 1.165) is 20.8 Å². The number of thiazole rings is 1. The van der Waals surface area contributed by atoms with Crippen LogP contribution in [0, 0.1) is 5.82 Å². The SMILES string of the molecule is O/N=C/c1ccc(-c2nc3ccc(F)cc3s2)cc1Cl. The van der Waals surface area contributed by atoms with Gasteiger partial charge >= 0.3 is 0 Å². The van der Waals surface area contributed by atoms with E-state index in [2.05, 4.69) is 10.1 Å². The lowest BCUT2D eigenvalue weighted by molar-refractivity contribution is 0.322. The maximum atomic E-state index is 13.2. The van der Waals surface area contributed by atoms with E-state index in [4.69, 9.17) is 16.8 Å². The molecule has 0 aliphatic heterocycles. The third kappa shape index (κ3) is 2.37. The van der Waals surface area contributed by atoms with Gasteiger partial charge in [0.05, 0.1) is 21.5 Å². The molecule has 1 heterocycles. The fourth-order valence-corrected chi connectivity index (χ4v) is 3.07. The van der Waals surface area contributed by atoms with Gasteiger partial charge < -0.3 is 5.21 Å². The van der Waals surface area contributed by atoms with Crippen LogP contribution >= 0.6 is 22.9 Å². The lowest BCUT2D eigenvalue weighted by Gasteiger charge is -2.00. The van der Waals surface area contributed by atoms with E-state index in [-0.39, 0.29) is 5.82 Å². The molecule has 3 nitrogen and oxygen atoms in total. The van der Waals surface area contributed by atoms with E-state index < -0.39 is 0 Å². The topological polar surface area (TPSA) is 45.5 Å². The summed E-state index contributed by atoms with van der Waals surface area (Å²) in [6, 6.07) is 9.82. The summed E-state index contributed by atoms with van der Waals surface area (Å²) in [5.74, 6) is -0.278. The highest BCUT2D eigenvalue weighted by Crippen LogP contribution is 2.32. The number of rotatable bonds is 2. The smallest absolute Gasteiger partial charge is 0.124 e. The van der Waals surface area contributed by atoms with Gasteiger partial charge in [0, 0.05) is 11.1 Å². The van der Waals surface area contributed by atoms with Crippen LogP contribution in [-0.2, 0) is 0 Å². The second-order valence-corrected chi connectivity index (χ2v) is 5.55. The Balaban J connectivity index is 2.08. The normalized spacial score (nSPS) is 11.5. The zero-order valence-electron chi connectivity index (χ0n) is 10.0. The molecule has 0 aliphatic carbocycles. The summed E-state index contributed by atoms with van der Waals surface area (Å²) in [5, 5.41) is 12.7. The van der Waals surface area contributed by atoms with Crippen molar-refractivity contribution in [3.63, 3.8) is 0 Å². The molecule has 0 fully saturated rings. The summed E-state index contributed by atoms with van der Waals surface area (Å²) >= 11 is 7.50. The zero-order valence-corrected chi connectivity index (χ0v) is 11.6. The molecule has 0 spiro atoms. The predicted octanol–water partition coefficient (Wildman–Crippen LogP) is 4.56. The molecule has 6 heteroatoms. The molecule has 20 heavy (non-hydrogen) atoms. The number of aromatic nitrogens is 1. The van der Waals surface area contributed by atoms with Crippen molar-refractivity contribution in [2.75, 3.05) is 0 Å². The molecule has 1 aromatic heterocycles. The minimum Gasteiger partial charge on any atom is -0.411 e. The third-order valence-electron chi connectivity index (χ3n) is 2.79. The Kier molecular flexibility index (Phi) is 3.38. The van der Waals surface area contributed by atoms with Gasteiger partial charge in [0.25, 0.3) is 0 Å². The Hall–Kier alpha value is -1.98. The fraction of sp³-hybridized carbons (Fsp3) is 0. The molecule has 3 aromatic rings. The van der Waals surface area contributed by atoms with E-state index in [1.807, 2.05) is 6.07 Å². The molecule has 0 saturated heterocycles. The molecule has 0 aliphatic rings. The maximum Gasteiger partial charge on any atom is 0.124 e. The van der Waals surface area contributed by atoms with Gasteiger partial charge in [0.2, 0.25) is 0 Å². The zero-order chi connectivity index (χ0) is 14.1. The molecule has 0 saturated carbocycles. The highest BCUT2D eigenvalue weighted by molar-refractivity contribution is 7.21. The summed E-state index contributed by atoms with van der Waals surface area (Å²) in [6.07, 6.45) is 1.26. The first-order valence-electron chi connectivity index (χ1n) is 5.71. The molecule has 100 valence electrons. The number of hydrogen-bond acceptors (Lipinski definition) is 4. The van der Waals surface area contributed by atoms with Crippen molar-refractivity contribution in [1.29, 1.82) is 0 Å². The summed E-state index contributed by atoms with van der Waals surface area (Å²) in [6.45, 7) is 0. The first-order chi connectivity index (χ1) is 9.67. The first-order valence-corrected chi connectivity index (χ1v) is 6.90. The van der Waals surface area contributed by atoms with E-state index in [1.54, 1.807) is 18.2 Å². The van der Waals surface area contributed by atoms with Crippen molar-refractivity contribution in [2.45, 2.75) is 0 Å². The quantitative estimate of drug-likeness (QED) is 0.428. The number of halogens is 2. The first kappa shape index (κ1) is 13.0. The molecule has 0 unspecified atom stereocenters. The van der Waals surface area contributed by atoms with Crippen molar-refractivity contribution < 1.29 is 9.60 Å². The lowest BCUT2D eigenvalue weighted by Crippen LogP contribution is -1.84. The largest absolute Gasteiger partial charge is 0.411 e. The van der Waals surface area contributed by atoms with E-state index in [0.29, 0.717) is 10.6 Å². The van der Waals surface area contributed by atoms with Crippen molar-refractivity contribution in [3.05, 3.63) is 52.8 Å². The van der Waals surface area contributed by atoms with Crippen LogP contribution < -0.4 is 0 Å². The minimum atomic E-state index is -0.278. The standard InChI is InChI=1S/C14H8ClFN2OS/c15-11-5-8(1-2-9(11)7-17-19)14-18-12-4-3-10(16)6-13(12)20-14/h1-7,19H/b17-7+. The average molecular weight is 307 g/mol. The van der Waals surface area contributed by atoms with Gasteiger partial charge in [-0.05, 0) is 24.3 Å². The number of nitrogens with zero attached hydrogens (tertiary/aromatic N) is 2. The number of benzene rings is 2. The predicted molar refractivity (Wildman–Crippen MR) is 79.4 cm³/mol. The number of oxime groups is 1. The average Bonchev–Trinajstić information content (AvgIpc) is 2.84. The van der Waals surface area contributed by atoms with Crippen molar-refractivity contribution in [3.8, 4) is 10.6 Å². The monoisotopic (exact) mass is 306 g/mol. The van der Waals surface area contributed by atoms with Crippen molar-refractivity contribution in [1.82, 2.24) is 4.98 Å². The number of hydrogen-bond donors (Lipinski definition) is 1. The van der Waals surface area contributed by atoms with Crippen LogP contribution in [0.15, 0.2) is 41.6 Å². The van der Waals surface area contributed by atoms with Gasteiger partial charge in [0.15, 0.2) is 0 Å². The molecule has 0 radical (unpaired) electrons. The van der Waals surface area contributed by atoms with Gasteiger partial charge in [-0.25, -0.2) is 9.37 Å². The minimum absolute atomic E-state index is 0.278. The van der Waals surface area contributed by atoms with Crippen LogP contribution in [0.2, 0.25) is 5.02 Å². The molecular formula is C14H8ClFN2OS. The molecule has 0 atom stereocenters. The van der Waals surface area contributed by atoms with E-state index in [9.17, 15) is 4.39 Å². The summed E-state index contributed by atoms with van der Waals surface area (Å²) in [7, 11) is 0. The fourth-order valence-electron chi connectivity index (χ4n) is 1.85. The van der Waals surface area contributed by atoms with Crippen LogP contribution in [-0.4, -0.2) is 16.4 Å². The van der Waals surface area contributed by atoms with Crippen molar-refractivity contribution >= 4 is 39.4 Å². The van der Waals surface area contributed by atoms with Gasteiger partial charge in [-0.1, -0.05) is 28.9 Å². The summed E-state index contributed by atoms with van der Waals surface area (Å²) in [5.41, 5.74) is 2.21. The second-order valence-electron chi connectivity index (χ2n) is 4.11. The van der Waals surface area contributed by atoms with Gasteiger partial charge in [-0.3, -0.25) is 0 Å². The van der Waals surface area contributed by atoms with Gasteiger partial charge in [-0.2, -0.15) is 0 Å².